The van der Waals surface area contributed by atoms with E-state index < -0.39 is 10.0 Å². The van der Waals surface area contributed by atoms with E-state index in [1.54, 1.807) is 60.7 Å². The molecule has 2 aliphatic rings. The lowest BCUT2D eigenvalue weighted by molar-refractivity contribution is -0.120. The van der Waals surface area contributed by atoms with Crippen molar-refractivity contribution in [1.82, 2.24) is 4.31 Å². The van der Waals surface area contributed by atoms with Gasteiger partial charge in [0.05, 0.1) is 4.90 Å². The third-order valence-corrected chi connectivity index (χ3v) is 9.59. The number of sulfonamides is 1. The molecular formula is C27H24N2O5S2. The van der Waals surface area contributed by atoms with Crippen molar-refractivity contribution in [2.24, 2.45) is 5.92 Å². The summed E-state index contributed by atoms with van der Waals surface area (Å²) >= 11 is 1.38. The minimum Gasteiger partial charge on any atom is -0.326 e. The molecule has 7 nitrogen and oxygen atoms in total. The fourth-order valence-corrected chi connectivity index (χ4v) is 7.34. The van der Waals surface area contributed by atoms with Gasteiger partial charge in [-0.05, 0) is 49.4 Å². The largest absolute Gasteiger partial charge is 0.326 e. The SMILES string of the molecule is CSc1ccccc1S(=O)(=O)N1CCC(C(=O)Nc2ccc3c(c2)C(=O)c2ccccc2C3=O)CC1. The summed E-state index contributed by atoms with van der Waals surface area (Å²) in [7, 11) is -3.65. The Labute approximate surface area is 213 Å². The van der Waals surface area contributed by atoms with Gasteiger partial charge in [0.15, 0.2) is 11.6 Å². The molecule has 1 saturated heterocycles. The molecule has 5 rings (SSSR count). The van der Waals surface area contributed by atoms with Crippen LogP contribution < -0.4 is 5.32 Å². The number of hydrogen-bond donors (Lipinski definition) is 1. The van der Waals surface area contributed by atoms with Crippen molar-refractivity contribution in [2.45, 2.75) is 22.6 Å². The van der Waals surface area contributed by atoms with Crippen molar-refractivity contribution in [3.63, 3.8) is 0 Å². The number of benzene rings is 3. The predicted octanol–water partition coefficient (Wildman–Crippen LogP) is 4.22. The molecule has 9 heteroatoms. The van der Waals surface area contributed by atoms with E-state index in [2.05, 4.69) is 5.32 Å². The third kappa shape index (κ3) is 4.27. The average Bonchev–Trinajstić information content (AvgIpc) is 2.91. The van der Waals surface area contributed by atoms with E-state index in [-0.39, 0.29) is 46.9 Å². The zero-order valence-electron chi connectivity index (χ0n) is 19.6. The van der Waals surface area contributed by atoms with E-state index in [0.717, 1.165) is 0 Å². The Morgan fingerprint density at radius 1 is 0.861 bits per heavy atom. The first kappa shape index (κ1) is 24.4. The quantitative estimate of drug-likeness (QED) is 0.396. The van der Waals surface area contributed by atoms with Gasteiger partial charge in [-0.2, -0.15) is 4.31 Å². The van der Waals surface area contributed by atoms with Crippen LogP contribution in [0, 0.1) is 5.92 Å². The molecule has 3 aromatic rings. The number of carbonyl (C=O) groups is 3. The van der Waals surface area contributed by atoms with Gasteiger partial charge in [-0.3, -0.25) is 14.4 Å². The number of piperidine rings is 1. The van der Waals surface area contributed by atoms with Crippen LogP contribution in [0.5, 0.6) is 0 Å². The summed E-state index contributed by atoms with van der Waals surface area (Å²) in [5, 5.41) is 2.85. The Kier molecular flexibility index (Phi) is 6.55. The minimum absolute atomic E-state index is 0.213. The van der Waals surface area contributed by atoms with Gasteiger partial charge >= 0.3 is 0 Å². The van der Waals surface area contributed by atoms with E-state index in [1.165, 1.54) is 16.1 Å². The number of fused-ring (bicyclic) bond motifs is 2. The molecule has 0 radical (unpaired) electrons. The second-order valence-corrected chi connectivity index (χ2v) is 11.5. The minimum atomic E-state index is -3.65. The van der Waals surface area contributed by atoms with Crippen molar-refractivity contribution >= 4 is 44.9 Å². The number of carbonyl (C=O) groups excluding carboxylic acids is 3. The number of hydrogen-bond acceptors (Lipinski definition) is 6. The van der Waals surface area contributed by atoms with Crippen LogP contribution in [-0.2, 0) is 14.8 Å². The lowest BCUT2D eigenvalue weighted by Crippen LogP contribution is -2.41. The Hall–Kier alpha value is -3.27. The molecule has 0 saturated carbocycles. The van der Waals surface area contributed by atoms with E-state index >= 15 is 0 Å². The molecule has 0 aromatic heterocycles. The van der Waals surface area contributed by atoms with E-state index in [1.807, 2.05) is 12.3 Å². The standard InChI is InChI=1S/C27H24N2O5S2/c1-35-23-8-4-5-9-24(23)36(33,34)29-14-12-17(13-15-29)27(32)28-18-10-11-21-22(16-18)26(31)20-7-3-2-6-19(20)25(21)30/h2-11,16-17H,12-15H2,1H3,(H,28,32). The first-order valence-electron chi connectivity index (χ1n) is 11.6. The summed E-state index contributed by atoms with van der Waals surface area (Å²) in [6, 6.07) is 18.4. The zero-order valence-corrected chi connectivity index (χ0v) is 21.2. The fourth-order valence-electron chi connectivity index (χ4n) is 4.75. The van der Waals surface area contributed by atoms with E-state index in [4.69, 9.17) is 0 Å². The molecule has 3 aromatic carbocycles. The van der Waals surface area contributed by atoms with Crippen LogP contribution in [0.3, 0.4) is 0 Å². The average molecular weight is 521 g/mol. The topological polar surface area (TPSA) is 101 Å². The van der Waals surface area contributed by atoms with Crippen LogP contribution in [0.25, 0.3) is 0 Å². The molecule has 0 atom stereocenters. The Morgan fingerprint density at radius 2 is 1.44 bits per heavy atom. The number of anilines is 1. The van der Waals surface area contributed by atoms with Crippen molar-refractivity contribution in [3.05, 3.63) is 89.0 Å². The molecule has 1 N–H and O–H groups in total. The van der Waals surface area contributed by atoms with E-state index in [0.29, 0.717) is 40.1 Å². The molecule has 1 heterocycles. The molecule has 0 unspecified atom stereocenters. The Bertz CT molecular complexity index is 1490. The monoisotopic (exact) mass is 520 g/mol. The highest BCUT2D eigenvalue weighted by Gasteiger charge is 2.34. The first-order chi connectivity index (χ1) is 17.3. The highest BCUT2D eigenvalue weighted by Crippen LogP contribution is 2.32. The molecular weight excluding hydrogens is 496 g/mol. The lowest BCUT2D eigenvalue weighted by atomic mass is 9.84. The van der Waals surface area contributed by atoms with Gasteiger partial charge in [0.1, 0.15) is 0 Å². The molecule has 0 bridgehead atoms. The number of nitrogens with zero attached hydrogens (tertiary/aromatic N) is 1. The maximum atomic E-state index is 13.2. The number of rotatable bonds is 5. The van der Waals surface area contributed by atoms with Crippen LogP contribution in [0.1, 0.15) is 44.7 Å². The van der Waals surface area contributed by atoms with Crippen molar-refractivity contribution in [2.75, 3.05) is 24.7 Å². The zero-order chi connectivity index (χ0) is 25.4. The summed E-state index contributed by atoms with van der Waals surface area (Å²) in [4.78, 5) is 39.7. The van der Waals surface area contributed by atoms with Crippen LogP contribution in [0.2, 0.25) is 0 Å². The summed E-state index contributed by atoms with van der Waals surface area (Å²) < 4.78 is 27.8. The van der Waals surface area contributed by atoms with Crippen molar-refractivity contribution in [3.8, 4) is 0 Å². The number of thioether (sulfide) groups is 1. The summed E-state index contributed by atoms with van der Waals surface area (Å²) in [6.45, 7) is 0.494. The predicted molar refractivity (Wildman–Crippen MR) is 138 cm³/mol. The van der Waals surface area contributed by atoms with Crippen molar-refractivity contribution in [1.29, 1.82) is 0 Å². The second-order valence-electron chi connectivity index (χ2n) is 8.78. The van der Waals surface area contributed by atoms with Crippen LogP contribution in [-0.4, -0.2) is 49.5 Å². The van der Waals surface area contributed by atoms with Gasteiger partial charge in [-0.25, -0.2) is 8.42 Å². The maximum absolute atomic E-state index is 13.2. The highest BCUT2D eigenvalue weighted by atomic mass is 32.2. The van der Waals surface area contributed by atoms with E-state index in [9.17, 15) is 22.8 Å². The molecule has 0 spiro atoms. The van der Waals surface area contributed by atoms with Crippen LogP contribution in [0.4, 0.5) is 5.69 Å². The lowest BCUT2D eigenvalue weighted by Gasteiger charge is -2.31. The molecule has 184 valence electrons. The smallest absolute Gasteiger partial charge is 0.244 e. The number of amides is 1. The van der Waals surface area contributed by atoms with Gasteiger partial charge in [0.25, 0.3) is 0 Å². The highest BCUT2D eigenvalue weighted by molar-refractivity contribution is 7.99. The third-order valence-electron chi connectivity index (χ3n) is 6.70. The summed E-state index contributed by atoms with van der Waals surface area (Å²) in [5.74, 6) is -1.05. The number of nitrogens with one attached hydrogen (secondary N) is 1. The summed E-state index contributed by atoms with van der Waals surface area (Å²) in [5.41, 5.74) is 1.76. The Balaban J connectivity index is 1.27. The maximum Gasteiger partial charge on any atom is 0.244 e. The normalized spacial score (nSPS) is 16.4. The van der Waals surface area contributed by atoms with Gasteiger partial charge < -0.3 is 5.32 Å². The van der Waals surface area contributed by atoms with Gasteiger partial charge in [-0.1, -0.05) is 36.4 Å². The second kappa shape index (κ2) is 9.65. The van der Waals surface area contributed by atoms with Crippen LogP contribution in [0.15, 0.2) is 76.5 Å². The van der Waals surface area contributed by atoms with Crippen LogP contribution >= 0.6 is 11.8 Å². The molecule has 1 amide bonds. The molecule has 1 fully saturated rings. The molecule has 36 heavy (non-hydrogen) atoms. The number of ketones is 2. The van der Waals surface area contributed by atoms with Gasteiger partial charge in [0, 0.05) is 51.8 Å². The van der Waals surface area contributed by atoms with Crippen molar-refractivity contribution < 1.29 is 22.8 Å². The van der Waals surface area contributed by atoms with Gasteiger partial charge in [-0.15, -0.1) is 11.8 Å². The fraction of sp³-hybridized carbons (Fsp3) is 0.222. The molecule has 1 aliphatic heterocycles. The Morgan fingerprint density at radius 3 is 2.11 bits per heavy atom. The van der Waals surface area contributed by atoms with Gasteiger partial charge in [0.2, 0.25) is 15.9 Å². The molecule has 1 aliphatic carbocycles. The summed E-state index contributed by atoms with van der Waals surface area (Å²) in [6.07, 6.45) is 2.62. The first-order valence-corrected chi connectivity index (χ1v) is 14.2.